The summed E-state index contributed by atoms with van der Waals surface area (Å²) in [5, 5.41) is 12.9. The number of hydrogen-bond donors (Lipinski definition) is 0. The minimum atomic E-state index is 1.24. The summed E-state index contributed by atoms with van der Waals surface area (Å²) in [6, 6.07) is 62.7. The minimum Gasteiger partial charge on any atom is -0.135 e. The van der Waals surface area contributed by atoms with E-state index >= 15 is 0 Å². The molecular formula is C46H28S. The van der Waals surface area contributed by atoms with E-state index in [-0.39, 0.29) is 0 Å². The summed E-state index contributed by atoms with van der Waals surface area (Å²) in [6.45, 7) is 0. The molecule has 0 atom stereocenters. The van der Waals surface area contributed by atoms with Gasteiger partial charge in [-0.15, -0.1) is 11.3 Å². The van der Waals surface area contributed by atoms with E-state index in [1.807, 2.05) is 11.3 Å². The van der Waals surface area contributed by atoms with Gasteiger partial charge < -0.3 is 0 Å². The van der Waals surface area contributed by atoms with Crippen LogP contribution in [0, 0.1) is 0 Å². The van der Waals surface area contributed by atoms with Crippen molar-refractivity contribution in [2.75, 3.05) is 0 Å². The molecule has 10 rings (SSSR count). The van der Waals surface area contributed by atoms with Crippen molar-refractivity contribution < 1.29 is 0 Å². The predicted octanol–water partition coefficient (Wildman–Crippen LogP) is 13.7. The first-order valence-electron chi connectivity index (χ1n) is 16.2. The van der Waals surface area contributed by atoms with Crippen molar-refractivity contribution in [3.63, 3.8) is 0 Å². The van der Waals surface area contributed by atoms with Crippen molar-refractivity contribution in [1.29, 1.82) is 0 Å². The molecule has 0 saturated carbocycles. The van der Waals surface area contributed by atoms with Gasteiger partial charge in [-0.05, 0) is 94.7 Å². The van der Waals surface area contributed by atoms with Gasteiger partial charge in [0.15, 0.2) is 0 Å². The maximum absolute atomic E-state index is 2.43. The van der Waals surface area contributed by atoms with Crippen LogP contribution in [-0.4, -0.2) is 0 Å². The predicted molar refractivity (Wildman–Crippen MR) is 206 cm³/mol. The third kappa shape index (κ3) is 4.07. The molecule has 0 radical (unpaired) electrons. The molecule has 0 unspecified atom stereocenters. The van der Waals surface area contributed by atoms with E-state index in [4.69, 9.17) is 0 Å². The number of benzene rings is 9. The molecule has 1 aromatic heterocycles. The van der Waals surface area contributed by atoms with Crippen molar-refractivity contribution >= 4 is 74.6 Å². The van der Waals surface area contributed by atoms with E-state index < -0.39 is 0 Å². The highest BCUT2D eigenvalue weighted by molar-refractivity contribution is 7.26. The van der Waals surface area contributed by atoms with Crippen LogP contribution in [0.4, 0.5) is 0 Å². The maximum atomic E-state index is 2.43. The molecule has 218 valence electrons. The molecule has 0 saturated heterocycles. The first-order chi connectivity index (χ1) is 23.3. The summed E-state index contributed by atoms with van der Waals surface area (Å²) in [5.41, 5.74) is 7.59. The standard InChI is InChI=1S/C46H28S/c1-2-13-30(14-3-1)44-37-18-8-10-20-39(37)45(40-21-11-9-19-38(40)44)42-27-33(26-32-15-5-6-16-34(32)42)31-23-24-36-41-25-22-29-12-4-7-17-35(29)46(41)47-43(36)28-31/h1-28H. The van der Waals surface area contributed by atoms with Gasteiger partial charge in [-0.1, -0.05) is 152 Å². The van der Waals surface area contributed by atoms with Crippen LogP contribution in [-0.2, 0) is 0 Å². The second-order valence-electron chi connectivity index (χ2n) is 12.4. The Labute approximate surface area is 276 Å². The summed E-state index contributed by atoms with van der Waals surface area (Å²) in [4.78, 5) is 0. The van der Waals surface area contributed by atoms with E-state index in [2.05, 4.69) is 170 Å². The first-order valence-corrected chi connectivity index (χ1v) is 17.0. The summed E-state index contributed by atoms with van der Waals surface area (Å²) < 4.78 is 2.69. The Morgan fingerprint density at radius 2 is 0.872 bits per heavy atom. The molecule has 0 nitrogen and oxygen atoms in total. The lowest BCUT2D eigenvalue weighted by Crippen LogP contribution is -1.92. The lowest BCUT2D eigenvalue weighted by atomic mass is 9.84. The fraction of sp³-hybridized carbons (Fsp3) is 0. The lowest BCUT2D eigenvalue weighted by molar-refractivity contribution is 1.65. The Balaban J connectivity index is 1.26. The van der Waals surface area contributed by atoms with E-state index in [1.54, 1.807) is 0 Å². The van der Waals surface area contributed by atoms with Crippen molar-refractivity contribution in [1.82, 2.24) is 0 Å². The van der Waals surface area contributed by atoms with E-state index in [9.17, 15) is 0 Å². The van der Waals surface area contributed by atoms with Gasteiger partial charge >= 0.3 is 0 Å². The van der Waals surface area contributed by atoms with Crippen LogP contribution in [0.2, 0.25) is 0 Å². The van der Waals surface area contributed by atoms with Gasteiger partial charge in [-0.25, -0.2) is 0 Å². The molecule has 0 fully saturated rings. The molecule has 9 aromatic carbocycles. The number of fused-ring (bicyclic) bond motifs is 8. The molecular weight excluding hydrogens is 585 g/mol. The molecule has 0 bridgehead atoms. The van der Waals surface area contributed by atoms with Crippen LogP contribution >= 0.6 is 11.3 Å². The van der Waals surface area contributed by atoms with Gasteiger partial charge in [0.1, 0.15) is 0 Å². The van der Waals surface area contributed by atoms with Crippen LogP contribution < -0.4 is 0 Å². The van der Waals surface area contributed by atoms with Crippen molar-refractivity contribution in [2.24, 2.45) is 0 Å². The second-order valence-corrected chi connectivity index (χ2v) is 13.5. The smallest absolute Gasteiger partial charge is 0.0433 e. The number of rotatable bonds is 3. The van der Waals surface area contributed by atoms with Gasteiger partial charge in [-0.3, -0.25) is 0 Å². The van der Waals surface area contributed by atoms with Crippen LogP contribution in [0.1, 0.15) is 0 Å². The molecule has 1 heteroatoms. The zero-order valence-corrected chi connectivity index (χ0v) is 26.4. The largest absolute Gasteiger partial charge is 0.135 e. The summed E-state index contributed by atoms with van der Waals surface area (Å²) in [6.07, 6.45) is 0. The van der Waals surface area contributed by atoms with Crippen LogP contribution in [0.3, 0.4) is 0 Å². The van der Waals surface area contributed by atoms with Crippen LogP contribution in [0.5, 0.6) is 0 Å². The molecule has 0 aliphatic carbocycles. The Kier molecular flexibility index (Phi) is 5.85. The highest BCUT2D eigenvalue weighted by Crippen LogP contribution is 2.47. The van der Waals surface area contributed by atoms with Crippen molar-refractivity contribution in [2.45, 2.75) is 0 Å². The summed E-state index contributed by atoms with van der Waals surface area (Å²) in [5.74, 6) is 0. The molecule has 0 aliphatic rings. The third-order valence-electron chi connectivity index (χ3n) is 9.82. The van der Waals surface area contributed by atoms with Gasteiger partial charge in [-0.2, -0.15) is 0 Å². The molecule has 47 heavy (non-hydrogen) atoms. The molecule has 1 heterocycles. The zero-order chi connectivity index (χ0) is 30.9. The molecule has 10 aromatic rings. The van der Waals surface area contributed by atoms with Gasteiger partial charge in [0.25, 0.3) is 0 Å². The van der Waals surface area contributed by atoms with E-state index in [0.717, 1.165) is 0 Å². The Bertz CT molecular complexity index is 2780. The highest BCUT2D eigenvalue weighted by atomic mass is 32.1. The first kappa shape index (κ1) is 26.5. The Morgan fingerprint density at radius 3 is 1.60 bits per heavy atom. The SMILES string of the molecule is c1ccc(-c2c3ccccc3c(-c3cc(-c4ccc5c(c4)sc4c6ccccc6ccc54)cc4ccccc34)c3ccccc23)cc1. The fourth-order valence-corrected chi connectivity index (χ4v) is 8.98. The monoisotopic (exact) mass is 612 g/mol. The summed E-state index contributed by atoms with van der Waals surface area (Å²) in [7, 11) is 0. The average Bonchev–Trinajstić information content (AvgIpc) is 3.52. The second kappa shape index (κ2) is 10.4. The Hall–Kier alpha value is -5.76. The maximum Gasteiger partial charge on any atom is 0.0433 e. The zero-order valence-electron chi connectivity index (χ0n) is 25.6. The molecule has 0 amide bonds. The minimum absolute atomic E-state index is 1.24. The topological polar surface area (TPSA) is 0 Å². The molecule has 0 spiro atoms. The average molecular weight is 613 g/mol. The highest BCUT2D eigenvalue weighted by Gasteiger charge is 2.19. The van der Waals surface area contributed by atoms with Gasteiger partial charge in [0.2, 0.25) is 0 Å². The normalized spacial score (nSPS) is 11.8. The quantitative estimate of drug-likeness (QED) is 0.174. The Morgan fingerprint density at radius 1 is 0.298 bits per heavy atom. The third-order valence-corrected chi connectivity index (χ3v) is 11.0. The summed E-state index contributed by atoms with van der Waals surface area (Å²) >= 11 is 1.91. The van der Waals surface area contributed by atoms with Crippen LogP contribution in [0.15, 0.2) is 170 Å². The number of thiophene rings is 1. The molecule has 0 N–H and O–H groups in total. The molecule has 0 aliphatic heterocycles. The van der Waals surface area contributed by atoms with Crippen molar-refractivity contribution in [3.05, 3.63) is 170 Å². The van der Waals surface area contributed by atoms with Gasteiger partial charge in [0, 0.05) is 20.2 Å². The fourth-order valence-electron chi connectivity index (χ4n) is 7.70. The van der Waals surface area contributed by atoms with E-state index in [0.29, 0.717) is 0 Å². The van der Waals surface area contributed by atoms with E-state index in [1.165, 1.54) is 96.6 Å². The number of hydrogen-bond acceptors (Lipinski definition) is 1. The van der Waals surface area contributed by atoms with Crippen LogP contribution in [0.25, 0.3) is 96.6 Å². The van der Waals surface area contributed by atoms with Crippen molar-refractivity contribution in [3.8, 4) is 33.4 Å². The lowest BCUT2D eigenvalue weighted by Gasteiger charge is -2.19. The van der Waals surface area contributed by atoms with Gasteiger partial charge in [0.05, 0.1) is 0 Å².